The van der Waals surface area contributed by atoms with Gasteiger partial charge >= 0.3 is 0 Å². The third kappa shape index (κ3) is 13.8. The van der Waals surface area contributed by atoms with Gasteiger partial charge in [-0.2, -0.15) is 0 Å². The average molecular weight is 429 g/mol. The minimum atomic E-state index is 0.344. The van der Waals surface area contributed by atoms with E-state index in [1.165, 1.54) is 55.8 Å². The van der Waals surface area contributed by atoms with Gasteiger partial charge in [0.2, 0.25) is 0 Å². The molecule has 1 unspecified atom stereocenters. The first-order valence-corrected chi connectivity index (χ1v) is 8.32. The minimum absolute atomic E-state index is 0.344. The molecule has 0 spiro atoms. The van der Waals surface area contributed by atoms with Crippen molar-refractivity contribution >= 4 is 56.8 Å². The maximum absolute atomic E-state index is 5.84. The summed E-state index contributed by atoms with van der Waals surface area (Å²) < 4.78 is 1.66. The van der Waals surface area contributed by atoms with Crippen LogP contribution in [0.5, 0.6) is 0 Å². The van der Waals surface area contributed by atoms with E-state index in [1.54, 1.807) is 0 Å². The molecular weight excluding hydrogens is 409 g/mol. The van der Waals surface area contributed by atoms with Crippen LogP contribution in [-0.4, -0.2) is 7.81 Å². The zero-order valence-corrected chi connectivity index (χ0v) is 13.1. The summed E-state index contributed by atoms with van der Waals surface area (Å²) in [6.07, 6.45) is 10.9. The molecule has 0 amide bonds. The Hall–Kier alpha value is 1.75. The first-order valence-electron chi connectivity index (χ1n) is 5.11. The van der Waals surface area contributed by atoms with Gasteiger partial charge in [-0.1, -0.05) is 83.7 Å². The van der Waals surface area contributed by atoms with Crippen molar-refractivity contribution in [2.75, 3.05) is 4.43 Å². The van der Waals surface area contributed by atoms with Gasteiger partial charge < -0.3 is 0 Å². The zero-order chi connectivity index (χ0) is 9.94. The largest absolute Gasteiger partial charge is 0.111 e. The highest BCUT2D eigenvalue weighted by molar-refractivity contribution is 14.1. The van der Waals surface area contributed by atoms with Crippen LogP contribution in [0.4, 0.5) is 0 Å². The topological polar surface area (TPSA) is 0 Å². The lowest BCUT2D eigenvalue weighted by atomic mass is 10.1. The summed E-state index contributed by atoms with van der Waals surface area (Å²) in [7, 11) is 0. The van der Waals surface area contributed by atoms with E-state index in [1.807, 2.05) is 0 Å². The average Bonchev–Trinajstić information content (AvgIpc) is 2.09. The maximum atomic E-state index is 5.84. The molecular formula is C10H19ClI2. The molecule has 0 aromatic carbocycles. The lowest BCUT2D eigenvalue weighted by Crippen LogP contribution is -1.86. The molecule has 0 aliphatic rings. The fourth-order valence-corrected chi connectivity index (χ4v) is 2.41. The van der Waals surface area contributed by atoms with Crippen LogP contribution in [0.2, 0.25) is 0 Å². The highest BCUT2D eigenvalue weighted by Crippen LogP contribution is 2.16. The van der Waals surface area contributed by atoms with Gasteiger partial charge in [0.1, 0.15) is 0 Å². The first kappa shape index (κ1) is 14.8. The van der Waals surface area contributed by atoms with Gasteiger partial charge in [0.15, 0.2) is 0 Å². The van der Waals surface area contributed by atoms with E-state index in [-0.39, 0.29) is 0 Å². The number of unbranched alkanes of at least 4 members (excludes halogenated alkanes) is 6. The van der Waals surface area contributed by atoms with Crippen LogP contribution in [0, 0.1) is 0 Å². The molecule has 0 N–H and O–H groups in total. The highest BCUT2D eigenvalue weighted by atomic mass is 127. The maximum Gasteiger partial charge on any atom is 0.0850 e. The standard InChI is InChI=1S/C10H19ClI2/c11-10(13)8-6-4-2-1-3-5-7-9-12/h10H,1-9H2. The molecule has 3 heteroatoms. The molecule has 0 saturated carbocycles. The predicted octanol–water partition coefficient (Wildman–Crippen LogP) is 5.54. The fraction of sp³-hybridized carbons (Fsp3) is 1.00. The third-order valence-electron chi connectivity index (χ3n) is 2.06. The van der Waals surface area contributed by atoms with Crippen molar-refractivity contribution < 1.29 is 0 Å². The first-order chi connectivity index (χ1) is 6.27. The number of hydrogen-bond donors (Lipinski definition) is 0. The quantitative estimate of drug-likeness (QED) is 0.257. The van der Waals surface area contributed by atoms with Gasteiger partial charge in [-0.3, -0.25) is 0 Å². The molecule has 0 aromatic rings. The van der Waals surface area contributed by atoms with Gasteiger partial charge in [0.25, 0.3) is 0 Å². The third-order valence-corrected chi connectivity index (χ3v) is 3.66. The van der Waals surface area contributed by atoms with E-state index in [0.717, 1.165) is 0 Å². The van der Waals surface area contributed by atoms with E-state index < -0.39 is 0 Å². The summed E-state index contributed by atoms with van der Waals surface area (Å²) in [5.74, 6) is 0. The van der Waals surface area contributed by atoms with Crippen molar-refractivity contribution in [3.05, 3.63) is 0 Å². The summed E-state index contributed by atoms with van der Waals surface area (Å²) in [5.41, 5.74) is 0. The number of alkyl halides is 3. The van der Waals surface area contributed by atoms with Crippen LogP contribution >= 0.6 is 56.8 Å². The lowest BCUT2D eigenvalue weighted by Gasteiger charge is -2.01. The van der Waals surface area contributed by atoms with Crippen LogP contribution < -0.4 is 0 Å². The monoisotopic (exact) mass is 428 g/mol. The summed E-state index contributed by atoms with van der Waals surface area (Å²) in [6, 6.07) is 0. The Labute approximate surface area is 115 Å². The van der Waals surface area contributed by atoms with E-state index >= 15 is 0 Å². The predicted molar refractivity (Wildman–Crippen MR) is 79.5 cm³/mol. The molecule has 0 aliphatic heterocycles. The van der Waals surface area contributed by atoms with Gasteiger partial charge in [-0.05, 0) is 17.3 Å². The molecule has 0 fully saturated rings. The van der Waals surface area contributed by atoms with E-state index in [0.29, 0.717) is 3.38 Å². The molecule has 0 aromatic heterocycles. The second kappa shape index (κ2) is 11.8. The summed E-state index contributed by atoms with van der Waals surface area (Å²) in [6.45, 7) is 0. The SMILES string of the molecule is ClC(I)CCCCCCCCCI. The van der Waals surface area contributed by atoms with Crippen molar-refractivity contribution in [1.82, 2.24) is 0 Å². The molecule has 0 nitrogen and oxygen atoms in total. The summed E-state index contributed by atoms with van der Waals surface area (Å²) in [5, 5.41) is 0. The van der Waals surface area contributed by atoms with Gasteiger partial charge in [-0.15, -0.1) is 11.6 Å². The Morgan fingerprint density at radius 3 is 1.77 bits per heavy atom. The molecule has 0 saturated heterocycles. The normalized spacial score (nSPS) is 13.2. The van der Waals surface area contributed by atoms with Gasteiger partial charge in [0, 0.05) is 0 Å². The van der Waals surface area contributed by atoms with Crippen LogP contribution in [0.25, 0.3) is 0 Å². The zero-order valence-electron chi connectivity index (χ0n) is 8.08. The van der Waals surface area contributed by atoms with E-state index in [2.05, 4.69) is 45.2 Å². The van der Waals surface area contributed by atoms with Crippen molar-refractivity contribution in [1.29, 1.82) is 0 Å². The molecule has 0 aliphatic carbocycles. The summed E-state index contributed by atoms with van der Waals surface area (Å²) >= 11 is 10.6. The number of hydrogen-bond acceptors (Lipinski definition) is 0. The van der Waals surface area contributed by atoms with Gasteiger partial charge in [-0.25, -0.2) is 0 Å². The Balaban J connectivity index is 2.84. The van der Waals surface area contributed by atoms with Crippen LogP contribution in [0.15, 0.2) is 0 Å². The Kier molecular flexibility index (Phi) is 13.4. The van der Waals surface area contributed by atoms with Crippen molar-refractivity contribution in [3.63, 3.8) is 0 Å². The summed E-state index contributed by atoms with van der Waals surface area (Å²) in [4.78, 5) is 0. The van der Waals surface area contributed by atoms with Crippen molar-refractivity contribution in [3.8, 4) is 0 Å². The molecule has 0 rings (SSSR count). The number of halogens is 3. The highest BCUT2D eigenvalue weighted by Gasteiger charge is 1.97. The van der Waals surface area contributed by atoms with Crippen molar-refractivity contribution in [2.45, 2.75) is 54.8 Å². The minimum Gasteiger partial charge on any atom is -0.111 e. The Morgan fingerprint density at radius 2 is 1.31 bits per heavy atom. The van der Waals surface area contributed by atoms with Crippen LogP contribution in [-0.2, 0) is 0 Å². The molecule has 0 radical (unpaired) electrons. The van der Waals surface area contributed by atoms with Crippen LogP contribution in [0.3, 0.4) is 0 Å². The Bertz CT molecular complexity index is 96.9. The van der Waals surface area contributed by atoms with E-state index in [9.17, 15) is 0 Å². The lowest BCUT2D eigenvalue weighted by molar-refractivity contribution is 0.587. The van der Waals surface area contributed by atoms with E-state index in [4.69, 9.17) is 11.6 Å². The number of rotatable bonds is 9. The fourth-order valence-electron chi connectivity index (χ4n) is 1.28. The second-order valence-corrected chi connectivity index (χ2v) is 7.19. The second-order valence-electron chi connectivity index (χ2n) is 3.34. The van der Waals surface area contributed by atoms with Crippen LogP contribution in [0.1, 0.15) is 51.4 Å². The molecule has 0 bridgehead atoms. The molecule has 13 heavy (non-hydrogen) atoms. The molecule has 1 atom stereocenters. The van der Waals surface area contributed by atoms with Gasteiger partial charge in [0.05, 0.1) is 3.38 Å². The van der Waals surface area contributed by atoms with Crippen molar-refractivity contribution in [2.24, 2.45) is 0 Å². The molecule has 80 valence electrons. The molecule has 0 heterocycles. The Morgan fingerprint density at radius 1 is 0.846 bits per heavy atom. The smallest absolute Gasteiger partial charge is 0.0850 e.